The van der Waals surface area contributed by atoms with Crippen LogP contribution in [-0.2, 0) is 0 Å². The van der Waals surface area contributed by atoms with Crippen LogP contribution in [-0.4, -0.2) is 16.2 Å². The average Bonchev–Trinajstić information content (AvgIpc) is 2.32. The highest BCUT2D eigenvalue weighted by atomic mass is 127. The Morgan fingerprint density at radius 1 is 1.06 bits per heavy atom. The Morgan fingerprint density at radius 2 is 1.67 bits per heavy atom. The van der Waals surface area contributed by atoms with Crippen LogP contribution in [0.4, 0.5) is 0 Å². The van der Waals surface area contributed by atoms with Crippen molar-refractivity contribution in [3.63, 3.8) is 0 Å². The Morgan fingerprint density at radius 3 is 2.22 bits per heavy atom. The number of aromatic carboxylic acids is 1. The molecule has 0 bridgehead atoms. The van der Waals surface area contributed by atoms with Crippen molar-refractivity contribution in [3.05, 3.63) is 51.6 Å². The Bertz CT molecular complexity index is 578. The van der Waals surface area contributed by atoms with Gasteiger partial charge >= 0.3 is 5.97 Å². The molecule has 0 aromatic heterocycles. The fraction of sp³-hybridized carbons (Fsp3) is 0. The molecule has 5 heteroatoms. The summed E-state index contributed by atoms with van der Waals surface area (Å²) >= 11 is 2.18. The number of rotatable bonds is 3. The predicted octanol–water partition coefficient (Wildman–Crippen LogP) is 3.49. The maximum absolute atomic E-state index is 10.7. The first-order chi connectivity index (χ1) is 8.56. The van der Waals surface area contributed by atoms with Crippen molar-refractivity contribution in [2.45, 2.75) is 0 Å². The minimum atomic E-state index is -1.17. The fourth-order valence-corrected chi connectivity index (χ4v) is 1.75. The van der Waals surface area contributed by atoms with Crippen molar-refractivity contribution in [2.75, 3.05) is 0 Å². The molecule has 0 aliphatic carbocycles. The molecule has 0 atom stereocenters. The summed E-state index contributed by atoms with van der Waals surface area (Å²) < 4.78 is 6.58. The lowest BCUT2D eigenvalue weighted by Gasteiger charge is -2.07. The lowest BCUT2D eigenvalue weighted by molar-refractivity contribution is 0.0693. The lowest BCUT2D eigenvalue weighted by atomic mass is 10.2. The number of halogens is 1. The normalized spacial score (nSPS) is 10.1. The molecule has 0 saturated carbocycles. The van der Waals surface area contributed by atoms with E-state index in [2.05, 4.69) is 22.6 Å². The molecule has 18 heavy (non-hydrogen) atoms. The van der Waals surface area contributed by atoms with Gasteiger partial charge in [0.1, 0.15) is 22.8 Å². The molecule has 2 N–H and O–H groups in total. The molecule has 92 valence electrons. The lowest BCUT2D eigenvalue weighted by Crippen LogP contribution is -1.96. The molecule has 0 heterocycles. The van der Waals surface area contributed by atoms with Gasteiger partial charge in [-0.1, -0.05) is 0 Å². The van der Waals surface area contributed by atoms with Crippen LogP contribution < -0.4 is 4.74 Å². The number of carbonyl (C=O) groups is 1. The third-order valence-corrected chi connectivity index (χ3v) is 2.97. The van der Waals surface area contributed by atoms with E-state index in [4.69, 9.17) is 9.84 Å². The second-order valence-electron chi connectivity index (χ2n) is 3.54. The highest BCUT2D eigenvalue weighted by Gasteiger charge is 2.10. The van der Waals surface area contributed by atoms with Crippen molar-refractivity contribution in [1.82, 2.24) is 0 Å². The van der Waals surface area contributed by atoms with Crippen LogP contribution in [0.25, 0.3) is 0 Å². The molecule has 0 unspecified atom stereocenters. The molecule has 0 fully saturated rings. The highest BCUT2D eigenvalue weighted by molar-refractivity contribution is 14.1. The molecular formula is C13H9IO4. The minimum Gasteiger partial charge on any atom is -0.507 e. The second kappa shape index (κ2) is 5.26. The van der Waals surface area contributed by atoms with E-state index in [9.17, 15) is 9.90 Å². The number of carboxylic acid groups (broad SMARTS) is 1. The van der Waals surface area contributed by atoms with Gasteiger partial charge in [0.05, 0.1) is 0 Å². The summed E-state index contributed by atoms with van der Waals surface area (Å²) in [5, 5.41) is 18.3. The van der Waals surface area contributed by atoms with Gasteiger partial charge in [0.2, 0.25) is 0 Å². The summed E-state index contributed by atoms with van der Waals surface area (Å²) in [6.45, 7) is 0. The third kappa shape index (κ3) is 2.92. The fourth-order valence-electron chi connectivity index (χ4n) is 1.39. The topological polar surface area (TPSA) is 66.8 Å². The third-order valence-electron chi connectivity index (χ3n) is 2.25. The van der Waals surface area contributed by atoms with E-state index in [1.165, 1.54) is 18.2 Å². The number of carboxylic acids is 1. The zero-order valence-electron chi connectivity index (χ0n) is 9.13. The van der Waals surface area contributed by atoms with Gasteiger partial charge in [-0.05, 0) is 59.0 Å². The first kappa shape index (κ1) is 12.7. The van der Waals surface area contributed by atoms with Gasteiger partial charge in [-0.25, -0.2) is 4.79 Å². The number of phenols is 1. The summed E-state index contributed by atoms with van der Waals surface area (Å²) in [4.78, 5) is 10.7. The second-order valence-corrected chi connectivity index (χ2v) is 4.79. The quantitative estimate of drug-likeness (QED) is 0.827. The van der Waals surface area contributed by atoms with Crippen LogP contribution in [0.1, 0.15) is 10.4 Å². The SMILES string of the molecule is O=C(O)c1ccc(Oc2ccc(I)cc2)cc1O. The zero-order valence-corrected chi connectivity index (χ0v) is 11.3. The highest BCUT2D eigenvalue weighted by Crippen LogP contribution is 2.27. The minimum absolute atomic E-state index is 0.148. The van der Waals surface area contributed by atoms with Crippen LogP contribution in [0.2, 0.25) is 0 Å². The molecule has 2 aromatic rings. The molecule has 0 spiro atoms. The maximum Gasteiger partial charge on any atom is 0.339 e. The molecule has 0 amide bonds. The number of aromatic hydroxyl groups is 1. The standard InChI is InChI=1S/C13H9IO4/c14-8-1-3-9(4-2-8)18-10-5-6-11(13(16)17)12(15)7-10/h1-7,15H,(H,16,17). The van der Waals surface area contributed by atoms with E-state index in [0.29, 0.717) is 11.5 Å². The van der Waals surface area contributed by atoms with Crippen LogP contribution in [0, 0.1) is 3.57 Å². The monoisotopic (exact) mass is 356 g/mol. The molecule has 4 nitrogen and oxygen atoms in total. The van der Waals surface area contributed by atoms with Gasteiger partial charge in [0.15, 0.2) is 0 Å². The number of hydrogen-bond donors (Lipinski definition) is 2. The summed E-state index contributed by atoms with van der Waals surface area (Å²) in [7, 11) is 0. The van der Waals surface area contributed by atoms with E-state index in [1.54, 1.807) is 12.1 Å². The Hall–Kier alpha value is -1.76. The molecule has 2 rings (SSSR count). The molecule has 2 aromatic carbocycles. The van der Waals surface area contributed by atoms with E-state index in [1.807, 2.05) is 12.1 Å². The summed E-state index contributed by atoms with van der Waals surface area (Å²) in [5.74, 6) is -0.476. The Balaban J connectivity index is 2.22. The zero-order chi connectivity index (χ0) is 13.1. The summed E-state index contributed by atoms with van der Waals surface area (Å²) in [6.07, 6.45) is 0. The van der Waals surface area contributed by atoms with Crippen molar-refractivity contribution in [2.24, 2.45) is 0 Å². The van der Waals surface area contributed by atoms with Gasteiger partial charge in [0.25, 0.3) is 0 Å². The van der Waals surface area contributed by atoms with Gasteiger partial charge in [-0.15, -0.1) is 0 Å². The molecule has 0 aliphatic heterocycles. The van der Waals surface area contributed by atoms with Crippen molar-refractivity contribution in [3.8, 4) is 17.2 Å². The van der Waals surface area contributed by atoms with Crippen LogP contribution in [0.5, 0.6) is 17.2 Å². The van der Waals surface area contributed by atoms with Gasteiger partial charge < -0.3 is 14.9 Å². The van der Waals surface area contributed by atoms with E-state index < -0.39 is 5.97 Å². The van der Waals surface area contributed by atoms with Gasteiger partial charge in [-0.2, -0.15) is 0 Å². The Kier molecular flexibility index (Phi) is 3.71. The molecule has 0 aliphatic rings. The first-order valence-corrected chi connectivity index (χ1v) is 6.14. The number of benzene rings is 2. The van der Waals surface area contributed by atoms with Crippen molar-refractivity contribution >= 4 is 28.6 Å². The van der Waals surface area contributed by atoms with Crippen LogP contribution in [0.3, 0.4) is 0 Å². The number of ether oxygens (including phenoxy) is 1. The molecular weight excluding hydrogens is 347 g/mol. The molecule has 0 radical (unpaired) electrons. The molecule has 0 saturated heterocycles. The van der Waals surface area contributed by atoms with Gasteiger partial charge in [0, 0.05) is 9.64 Å². The average molecular weight is 356 g/mol. The maximum atomic E-state index is 10.7. The predicted molar refractivity (Wildman–Crippen MR) is 74.3 cm³/mol. The smallest absolute Gasteiger partial charge is 0.339 e. The summed E-state index contributed by atoms with van der Waals surface area (Å²) in [6, 6.07) is 11.5. The summed E-state index contributed by atoms with van der Waals surface area (Å²) in [5.41, 5.74) is -0.148. The van der Waals surface area contributed by atoms with Crippen molar-refractivity contribution in [1.29, 1.82) is 0 Å². The van der Waals surface area contributed by atoms with Crippen molar-refractivity contribution < 1.29 is 19.7 Å². The number of hydrogen-bond acceptors (Lipinski definition) is 3. The van der Waals surface area contributed by atoms with Gasteiger partial charge in [-0.3, -0.25) is 0 Å². The Labute approximate surface area is 117 Å². The van der Waals surface area contributed by atoms with E-state index in [-0.39, 0.29) is 11.3 Å². The van der Waals surface area contributed by atoms with Crippen LogP contribution >= 0.6 is 22.6 Å². The largest absolute Gasteiger partial charge is 0.507 e. The van der Waals surface area contributed by atoms with E-state index in [0.717, 1.165) is 3.57 Å². The first-order valence-electron chi connectivity index (χ1n) is 5.06. The van der Waals surface area contributed by atoms with Crippen LogP contribution in [0.15, 0.2) is 42.5 Å². The van der Waals surface area contributed by atoms with E-state index >= 15 is 0 Å².